The lowest BCUT2D eigenvalue weighted by molar-refractivity contribution is 0.858. The second-order valence-electron chi connectivity index (χ2n) is 3.50. The minimum Gasteiger partial charge on any atom is -0.319 e. The Morgan fingerprint density at radius 3 is 2.71 bits per heavy atom. The number of hydrogen-bond acceptors (Lipinski definition) is 2. The first-order valence-corrected chi connectivity index (χ1v) is 4.68. The van der Waals surface area contributed by atoms with Crippen LogP contribution in [0.2, 0.25) is 0 Å². The first-order valence-electron chi connectivity index (χ1n) is 4.68. The van der Waals surface area contributed by atoms with Gasteiger partial charge < -0.3 is 5.73 Å². The van der Waals surface area contributed by atoms with Gasteiger partial charge >= 0.3 is 0 Å². The van der Waals surface area contributed by atoms with Crippen LogP contribution in [0.5, 0.6) is 0 Å². The fourth-order valence-corrected chi connectivity index (χ4v) is 2.05. The zero-order chi connectivity index (χ0) is 9.54. The van der Waals surface area contributed by atoms with Crippen molar-refractivity contribution in [1.29, 1.82) is 0 Å². The summed E-state index contributed by atoms with van der Waals surface area (Å²) in [7, 11) is 0. The van der Waals surface area contributed by atoms with E-state index in [0.29, 0.717) is 0 Å². The molecule has 1 unspecified atom stereocenters. The van der Waals surface area contributed by atoms with Gasteiger partial charge in [0.05, 0.1) is 11.7 Å². The maximum absolute atomic E-state index is 6.10. The molecular weight excluding hydrogens is 172 g/mol. The van der Waals surface area contributed by atoms with Crippen LogP contribution in [0.25, 0.3) is 11.1 Å². The maximum Gasteiger partial charge on any atom is 0.0738 e. The minimum absolute atomic E-state index is 0.0533. The van der Waals surface area contributed by atoms with Gasteiger partial charge in [0.2, 0.25) is 0 Å². The molecule has 1 aromatic carbocycles. The second kappa shape index (κ2) is 2.66. The second-order valence-corrected chi connectivity index (χ2v) is 3.50. The molecule has 1 aromatic heterocycles. The van der Waals surface area contributed by atoms with Gasteiger partial charge in [-0.3, -0.25) is 4.98 Å². The van der Waals surface area contributed by atoms with Crippen molar-refractivity contribution in [2.45, 2.75) is 6.04 Å². The van der Waals surface area contributed by atoms with Gasteiger partial charge in [-0.2, -0.15) is 0 Å². The molecule has 1 heterocycles. The molecule has 1 aliphatic carbocycles. The van der Waals surface area contributed by atoms with Crippen LogP contribution < -0.4 is 5.73 Å². The Morgan fingerprint density at radius 2 is 1.79 bits per heavy atom. The van der Waals surface area contributed by atoms with E-state index in [0.717, 1.165) is 5.69 Å². The zero-order valence-corrected chi connectivity index (χ0v) is 7.64. The molecule has 0 aliphatic heterocycles. The van der Waals surface area contributed by atoms with E-state index in [-0.39, 0.29) is 6.04 Å². The fraction of sp³-hybridized carbons (Fsp3) is 0.0833. The number of hydrogen-bond donors (Lipinski definition) is 1. The van der Waals surface area contributed by atoms with Gasteiger partial charge in [-0.05, 0) is 17.2 Å². The largest absolute Gasteiger partial charge is 0.319 e. The van der Waals surface area contributed by atoms with Crippen molar-refractivity contribution >= 4 is 0 Å². The third-order valence-electron chi connectivity index (χ3n) is 2.72. The van der Waals surface area contributed by atoms with Gasteiger partial charge in [-0.15, -0.1) is 0 Å². The lowest BCUT2D eigenvalue weighted by atomic mass is 10.1. The van der Waals surface area contributed by atoms with E-state index in [4.69, 9.17) is 5.73 Å². The Kier molecular flexibility index (Phi) is 1.46. The van der Waals surface area contributed by atoms with Crippen LogP contribution in [0.3, 0.4) is 0 Å². The van der Waals surface area contributed by atoms with Crippen LogP contribution in [0.4, 0.5) is 0 Å². The van der Waals surface area contributed by atoms with E-state index in [1.807, 2.05) is 18.2 Å². The van der Waals surface area contributed by atoms with E-state index >= 15 is 0 Å². The van der Waals surface area contributed by atoms with Crippen molar-refractivity contribution in [3.05, 3.63) is 53.9 Å². The highest BCUT2D eigenvalue weighted by Gasteiger charge is 2.25. The van der Waals surface area contributed by atoms with Gasteiger partial charge in [0.15, 0.2) is 0 Å². The van der Waals surface area contributed by atoms with Crippen molar-refractivity contribution in [3.8, 4) is 11.1 Å². The molecule has 1 atom stereocenters. The molecule has 0 amide bonds. The average molecular weight is 182 g/mol. The van der Waals surface area contributed by atoms with Crippen LogP contribution in [0.15, 0.2) is 42.6 Å². The van der Waals surface area contributed by atoms with Gasteiger partial charge in [0, 0.05) is 11.8 Å². The number of benzene rings is 1. The summed E-state index contributed by atoms with van der Waals surface area (Å²) in [4.78, 5) is 4.33. The number of rotatable bonds is 0. The minimum atomic E-state index is -0.0533. The van der Waals surface area contributed by atoms with E-state index in [2.05, 4.69) is 23.2 Å². The summed E-state index contributed by atoms with van der Waals surface area (Å²) >= 11 is 0. The molecule has 0 fully saturated rings. The quantitative estimate of drug-likeness (QED) is 0.677. The Morgan fingerprint density at radius 1 is 1.00 bits per heavy atom. The maximum atomic E-state index is 6.10. The summed E-state index contributed by atoms with van der Waals surface area (Å²) in [5.74, 6) is 0. The third-order valence-corrected chi connectivity index (χ3v) is 2.72. The van der Waals surface area contributed by atoms with Gasteiger partial charge in [0.25, 0.3) is 0 Å². The lowest BCUT2D eigenvalue weighted by Crippen LogP contribution is -2.09. The summed E-state index contributed by atoms with van der Waals surface area (Å²) < 4.78 is 0. The van der Waals surface area contributed by atoms with Crippen molar-refractivity contribution in [3.63, 3.8) is 0 Å². The first kappa shape index (κ1) is 7.71. The summed E-state index contributed by atoms with van der Waals surface area (Å²) in [5, 5.41) is 0. The zero-order valence-electron chi connectivity index (χ0n) is 7.64. The summed E-state index contributed by atoms with van der Waals surface area (Å²) in [6.07, 6.45) is 1.80. The van der Waals surface area contributed by atoms with Crippen molar-refractivity contribution in [2.75, 3.05) is 0 Å². The van der Waals surface area contributed by atoms with Crippen molar-refractivity contribution < 1.29 is 0 Å². The Bertz CT molecular complexity index is 446. The molecule has 3 rings (SSSR count). The molecule has 2 heteroatoms. The number of fused-ring (bicyclic) bond motifs is 3. The van der Waals surface area contributed by atoms with Gasteiger partial charge in [-0.1, -0.05) is 30.3 Å². The molecule has 14 heavy (non-hydrogen) atoms. The molecule has 0 saturated carbocycles. The molecule has 0 radical (unpaired) electrons. The molecular formula is C12H10N2. The molecule has 68 valence electrons. The Labute approximate surface area is 82.4 Å². The molecule has 0 saturated heterocycles. The molecule has 1 aliphatic rings. The van der Waals surface area contributed by atoms with E-state index < -0.39 is 0 Å². The molecule has 0 spiro atoms. The molecule has 2 aromatic rings. The third kappa shape index (κ3) is 0.860. The molecule has 2 N–H and O–H groups in total. The molecule has 2 nitrogen and oxygen atoms in total. The van der Waals surface area contributed by atoms with Crippen LogP contribution in [0.1, 0.15) is 17.3 Å². The standard InChI is InChI=1S/C12H10N2/c13-11-9-5-2-1-4-8(9)10-6-3-7-14-12(10)11/h1-7,11H,13H2. The predicted octanol–water partition coefficient (Wildman–Crippen LogP) is 2.11. The topological polar surface area (TPSA) is 38.9 Å². The molecule has 0 bridgehead atoms. The van der Waals surface area contributed by atoms with Crippen LogP contribution in [0, 0.1) is 0 Å². The van der Waals surface area contributed by atoms with Gasteiger partial charge in [0.1, 0.15) is 0 Å². The van der Waals surface area contributed by atoms with E-state index in [9.17, 15) is 0 Å². The number of nitrogens with zero attached hydrogens (tertiary/aromatic N) is 1. The number of aromatic nitrogens is 1. The van der Waals surface area contributed by atoms with Crippen LogP contribution in [-0.2, 0) is 0 Å². The van der Waals surface area contributed by atoms with Gasteiger partial charge in [-0.25, -0.2) is 0 Å². The average Bonchev–Trinajstić information content (AvgIpc) is 2.55. The van der Waals surface area contributed by atoms with Crippen LogP contribution >= 0.6 is 0 Å². The number of pyridine rings is 1. The Hall–Kier alpha value is -1.67. The van der Waals surface area contributed by atoms with Crippen molar-refractivity contribution in [2.24, 2.45) is 5.73 Å². The van der Waals surface area contributed by atoms with E-state index in [1.54, 1.807) is 6.20 Å². The van der Waals surface area contributed by atoms with Crippen molar-refractivity contribution in [1.82, 2.24) is 4.98 Å². The summed E-state index contributed by atoms with van der Waals surface area (Å²) in [6, 6.07) is 12.2. The predicted molar refractivity (Wildman–Crippen MR) is 55.7 cm³/mol. The summed E-state index contributed by atoms with van der Waals surface area (Å²) in [6.45, 7) is 0. The van der Waals surface area contributed by atoms with E-state index in [1.165, 1.54) is 16.7 Å². The lowest BCUT2D eigenvalue weighted by Gasteiger charge is -2.03. The van der Waals surface area contributed by atoms with Crippen LogP contribution in [-0.4, -0.2) is 4.98 Å². The Balaban J connectivity index is 2.36. The highest BCUT2D eigenvalue weighted by atomic mass is 14.8. The normalized spacial score (nSPS) is 17.6. The highest BCUT2D eigenvalue weighted by molar-refractivity contribution is 5.76. The fourth-order valence-electron chi connectivity index (χ4n) is 2.05. The highest BCUT2D eigenvalue weighted by Crippen LogP contribution is 2.40. The monoisotopic (exact) mass is 182 g/mol. The SMILES string of the molecule is NC1c2ccccc2-c2cccnc21. The smallest absolute Gasteiger partial charge is 0.0738 e. The number of nitrogens with two attached hydrogens (primary N) is 1. The first-order chi connectivity index (χ1) is 6.88. The summed E-state index contributed by atoms with van der Waals surface area (Å²) in [5.41, 5.74) is 10.7.